The van der Waals surface area contributed by atoms with Crippen LogP contribution in [0, 0.1) is 5.92 Å². The number of nitrogens with zero attached hydrogens (tertiary/aromatic N) is 1. The molecule has 4 nitrogen and oxygen atoms in total. The van der Waals surface area contributed by atoms with E-state index in [0.717, 1.165) is 13.1 Å². The summed E-state index contributed by atoms with van der Waals surface area (Å²) in [6.45, 7) is 6.23. The summed E-state index contributed by atoms with van der Waals surface area (Å²) in [5.41, 5.74) is 0. The van der Waals surface area contributed by atoms with Crippen LogP contribution in [0.5, 0.6) is 0 Å². The quantitative estimate of drug-likeness (QED) is 0.705. The van der Waals surface area contributed by atoms with Crippen LogP contribution in [0.3, 0.4) is 0 Å². The van der Waals surface area contributed by atoms with Crippen molar-refractivity contribution in [2.24, 2.45) is 5.92 Å². The highest BCUT2D eigenvalue weighted by Gasteiger charge is 2.24. The van der Waals surface area contributed by atoms with Gasteiger partial charge in [-0.3, -0.25) is 0 Å². The van der Waals surface area contributed by atoms with Crippen molar-refractivity contribution < 1.29 is 9.53 Å². The monoisotopic (exact) mass is 186 g/mol. The molecule has 0 aromatic heterocycles. The highest BCUT2D eigenvalue weighted by Crippen LogP contribution is 2.10. The second-order valence-corrected chi connectivity index (χ2v) is 3.78. The third kappa shape index (κ3) is 2.88. The summed E-state index contributed by atoms with van der Waals surface area (Å²) in [7, 11) is 1.89. The molecule has 1 heterocycles. The van der Waals surface area contributed by atoms with Gasteiger partial charge in [0.2, 0.25) is 0 Å². The van der Waals surface area contributed by atoms with Crippen molar-refractivity contribution >= 4 is 6.09 Å². The molecule has 1 aliphatic heterocycles. The average Bonchev–Trinajstić information content (AvgIpc) is 2.11. The number of nitrogens with one attached hydrogen (secondary N) is 1. The molecular weight excluding hydrogens is 168 g/mol. The number of carbonyl (C=O) groups excluding carboxylic acids is 1. The lowest BCUT2D eigenvalue weighted by Crippen LogP contribution is -2.47. The van der Waals surface area contributed by atoms with Crippen LogP contribution < -0.4 is 5.32 Å². The molecule has 1 aliphatic rings. The Morgan fingerprint density at radius 1 is 1.77 bits per heavy atom. The van der Waals surface area contributed by atoms with E-state index in [1.54, 1.807) is 4.90 Å². The van der Waals surface area contributed by atoms with Gasteiger partial charge in [0, 0.05) is 25.0 Å². The first-order valence-corrected chi connectivity index (χ1v) is 4.72. The summed E-state index contributed by atoms with van der Waals surface area (Å²) >= 11 is 0. The molecule has 0 aromatic carbocycles. The van der Waals surface area contributed by atoms with Crippen LogP contribution in [0.15, 0.2) is 0 Å². The third-order valence-corrected chi connectivity index (χ3v) is 2.27. The van der Waals surface area contributed by atoms with E-state index >= 15 is 0 Å². The van der Waals surface area contributed by atoms with E-state index in [4.69, 9.17) is 4.74 Å². The Bertz CT molecular complexity index is 184. The Kier molecular flexibility index (Phi) is 3.54. The lowest BCUT2D eigenvalue weighted by atomic mass is 10.1. The maximum absolute atomic E-state index is 11.3. The second-order valence-electron chi connectivity index (χ2n) is 3.78. The largest absolute Gasteiger partial charge is 0.449 e. The topological polar surface area (TPSA) is 41.6 Å². The molecule has 0 aromatic rings. The van der Waals surface area contributed by atoms with E-state index in [1.807, 2.05) is 14.0 Å². The van der Waals surface area contributed by atoms with Gasteiger partial charge in [0.05, 0.1) is 6.61 Å². The molecule has 2 atom stereocenters. The number of hydrogen-bond donors (Lipinski definition) is 1. The van der Waals surface area contributed by atoms with Gasteiger partial charge in [0.1, 0.15) is 0 Å². The predicted octanol–water partition coefficient (Wildman–Crippen LogP) is 0.683. The highest BCUT2D eigenvalue weighted by molar-refractivity contribution is 5.68. The molecule has 0 bridgehead atoms. The molecule has 13 heavy (non-hydrogen) atoms. The molecule has 4 heteroatoms. The van der Waals surface area contributed by atoms with Crippen LogP contribution in [-0.2, 0) is 4.74 Å². The van der Waals surface area contributed by atoms with E-state index < -0.39 is 0 Å². The zero-order valence-electron chi connectivity index (χ0n) is 8.54. The highest BCUT2D eigenvalue weighted by atomic mass is 16.6. The van der Waals surface area contributed by atoms with Gasteiger partial charge < -0.3 is 15.0 Å². The Labute approximate surface area is 79.2 Å². The standard InChI is InChI=1S/C9H18N2O2/c1-7-4-11(5-8(2)10-3)9(12)13-6-7/h7-8,10H,4-6H2,1-3H3. The van der Waals surface area contributed by atoms with Crippen LogP contribution in [0.4, 0.5) is 4.79 Å². The van der Waals surface area contributed by atoms with Crippen LogP contribution in [-0.4, -0.2) is 43.8 Å². The van der Waals surface area contributed by atoms with Gasteiger partial charge in [-0.1, -0.05) is 6.92 Å². The molecule has 1 N–H and O–H groups in total. The first-order chi connectivity index (χ1) is 6.13. The summed E-state index contributed by atoms with van der Waals surface area (Å²) in [4.78, 5) is 13.0. The Morgan fingerprint density at radius 3 is 3.08 bits per heavy atom. The maximum atomic E-state index is 11.3. The first-order valence-electron chi connectivity index (χ1n) is 4.72. The van der Waals surface area contributed by atoms with Crippen LogP contribution in [0.1, 0.15) is 13.8 Å². The molecule has 0 spiro atoms. The van der Waals surface area contributed by atoms with Gasteiger partial charge in [-0.05, 0) is 14.0 Å². The predicted molar refractivity (Wildman–Crippen MR) is 50.6 cm³/mol. The molecule has 1 rings (SSSR count). The fourth-order valence-corrected chi connectivity index (χ4v) is 1.38. The van der Waals surface area contributed by atoms with E-state index in [0.29, 0.717) is 18.6 Å². The van der Waals surface area contributed by atoms with Crippen molar-refractivity contribution in [2.45, 2.75) is 19.9 Å². The van der Waals surface area contributed by atoms with E-state index in [9.17, 15) is 4.79 Å². The fraction of sp³-hybridized carbons (Fsp3) is 0.889. The number of amides is 1. The molecule has 1 amide bonds. The minimum Gasteiger partial charge on any atom is -0.449 e. The number of ether oxygens (including phenoxy) is 1. The number of hydrogen-bond acceptors (Lipinski definition) is 3. The Hall–Kier alpha value is -0.770. The Balaban J connectivity index is 2.42. The maximum Gasteiger partial charge on any atom is 0.409 e. The van der Waals surface area contributed by atoms with Crippen molar-refractivity contribution in [1.82, 2.24) is 10.2 Å². The van der Waals surface area contributed by atoms with E-state index in [1.165, 1.54) is 0 Å². The number of rotatable bonds is 3. The van der Waals surface area contributed by atoms with Crippen LogP contribution >= 0.6 is 0 Å². The van der Waals surface area contributed by atoms with Gasteiger partial charge in [0.25, 0.3) is 0 Å². The van der Waals surface area contributed by atoms with Crippen molar-refractivity contribution in [2.75, 3.05) is 26.7 Å². The van der Waals surface area contributed by atoms with Gasteiger partial charge in [-0.15, -0.1) is 0 Å². The molecule has 0 saturated carbocycles. The lowest BCUT2D eigenvalue weighted by molar-refractivity contribution is 0.0453. The molecular formula is C9H18N2O2. The number of likely N-dealkylation sites (N-methyl/N-ethyl adjacent to an activating group) is 1. The number of carbonyl (C=O) groups is 1. The molecule has 0 radical (unpaired) electrons. The SMILES string of the molecule is CNC(C)CN1CC(C)COC1=O. The fourth-order valence-electron chi connectivity index (χ4n) is 1.38. The molecule has 1 fully saturated rings. The minimum atomic E-state index is -0.180. The molecule has 2 unspecified atom stereocenters. The van der Waals surface area contributed by atoms with Crippen molar-refractivity contribution in [1.29, 1.82) is 0 Å². The zero-order valence-corrected chi connectivity index (χ0v) is 8.54. The minimum absolute atomic E-state index is 0.180. The summed E-state index contributed by atoms with van der Waals surface area (Å²) < 4.78 is 5.01. The van der Waals surface area contributed by atoms with Crippen molar-refractivity contribution in [3.63, 3.8) is 0 Å². The van der Waals surface area contributed by atoms with Gasteiger partial charge in [-0.25, -0.2) is 4.79 Å². The average molecular weight is 186 g/mol. The van der Waals surface area contributed by atoms with E-state index in [-0.39, 0.29) is 6.09 Å². The summed E-state index contributed by atoms with van der Waals surface area (Å²) in [5.74, 6) is 0.446. The van der Waals surface area contributed by atoms with Gasteiger partial charge in [0.15, 0.2) is 0 Å². The smallest absolute Gasteiger partial charge is 0.409 e. The van der Waals surface area contributed by atoms with Crippen LogP contribution in [0.25, 0.3) is 0 Å². The first kappa shape index (κ1) is 10.3. The summed E-state index contributed by atoms with van der Waals surface area (Å²) in [6.07, 6.45) is -0.180. The van der Waals surface area contributed by atoms with E-state index in [2.05, 4.69) is 12.2 Å². The Morgan fingerprint density at radius 2 is 2.46 bits per heavy atom. The number of cyclic esters (lactones) is 1. The van der Waals surface area contributed by atoms with Gasteiger partial charge in [-0.2, -0.15) is 0 Å². The lowest BCUT2D eigenvalue weighted by Gasteiger charge is -2.32. The third-order valence-electron chi connectivity index (χ3n) is 2.27. The molecule has 0 aliphatic carbocycles. The molecule has 1 saturated heterocycles. The van der Waals surface area contributed by atoms with Gasteiger partial charge >= 0.3 is 6.09 Å². The van der Waals surface area contributed by atoms with Crippen LogP contribution in [0.2, 0.25) is 0 Å². The normalized spacial score (nSPS) is 25.6. The molecule has 76 valence electrons. The van der Waals surface area contributed by atoms with Crippen molar-refractivity contribution in [3.8, 4) is 0 Å². The summed E-state index contributed by atoms with van der Waals surface area (Å²) in [5, 5.41) is 3.10. The summed E-state index contributed by atoms with van der Waals surface area (Å²) in [6, 6.07) is 0.317. The zero-order chi connectivity index (χ0) is 9.84. The second kappa shape index (κ2) is 4.46. The van der Waals surface area contributed by atoms with Crippen molar-refractivity contribution in [3.05, 3.63) is 0 Å².